The summed E-state index contributed by atoms with van der Waals surface area (Å²) < 4.78 is 0. The highest BCUT2D eigenvalue weighted by molar-refractivity contribution is 6.34. The van der Waals surface area contributed by atoms with E-state index in [1.54, 1.807) is 18.2 Å². The zero-order chi connectivity index (χ0) is 15.4. The van der Waals surface area contributed by atoms with Crippen LogP contribution in [0.15, 0.2) is 18.2 Å². The number of piperidine rings is 1. The fourth-order valence-corrected chi connectivity index (χ4v) is 2.79. The van der Waals surface area contributed by atoms with Crippen LogP contribution in [-0.4, -0.2) is 41.7 Å². The largest absolute Gasteiger partial charge is 0.399 e. The third-order valence-corrected chi connectivity index (χ3v) is 4.40. The molecule has 5 nitrogen and oxygen atoms in total. The van der Waals surface area contributed by atoms with Crippen molar-refractivity contribution in [3.05, 3.63) is 23.2 Å². The van der Waals surface area contributed by atoms with Crippen LogP contribution in [0.5, 0.6) is 0 Å². The van der Waals surface area contributed by atoms with E-state index >= 15 is 0 Å². The first-order chi connectivity index (χ1) is 10.0. The summed E-state index contributed by atoms with van der Waals surface area (Å²) in [5, 5.41) is 12.4. The molecular weight excluding hydrogens is 290 g/mol. The molecule has 1 saturated heterocycles. The number of amides is 1. The van der Waals surface area contributed by atoms with Crippen LogP contribution in [-0.2, 0) is 4.79 Å². The van der Waals surface area contributed by atoms with E-state index in [1.807, 2.05) is 6.92 Å². The molecule has 0 saturated carbocycles. The van der Waals surface area contributed by atoms with E-state index in [4.69, 9.17) is 22.4 Å². The predicted molar refractivity (Wildman–Crippen MR) is 85.3 cm³/mol. The van der Waals surface area contributed by atoms with Gasteiger partial charge in [0.2, 0.25) is 5.91 Å². The van der Waals surface area contributed by atoms with Crippen LogP contribution >= 0.6 is 11.6 Å². The standard InChI is InChI=1S/C15H22ClN3O2/c1-10(19-6-4-11(9-20)5-7-19)15(21)18-14-3-2-12(17)8-13(14)16/h2-3,8,10-11,20H,4-7,9,17H2,1H3,(H,18,21). The third kappa shape index (κ3) is 4.09. The lowest BCUT2D eigenvalue weighted by molar-refractivity contribution is -0.121. The molecule has 1 unspecified atom stereocenters. The molecule has 1 amide bonds. The Labute approximate surface area is 130 Å². The van der Waals surface area contributed by atoms with E-state index in [9.17, 15) is 4.79 Å². The molecule has 116 valence electrons. The zero-order valence-corrected chi connectivity index (χ0v) is 12.9. The third-order valence-electron chi connectivity index (χ3n) is 4.09. The van der Waals surface area contributed by atoms with Crippen molar-refractivity contribution in [3.63, 3.8) is 0 Å². The smallest absolute Gasteiger partial charge is 0.241 e. The molecule has 0 radical (unpaired) electrons. The van der Waals surface area contributed by atoms with E-state index < -0.39 is 0 Å². The first-order valence-corrected chi connectivity index (χ1v) is 7.60. The van der Waals surface area contributed by atoms with Crippen LogP contribution in [0.2, 0.25) is 5.02 Å². The molecule has 1 aromatic carbocycles. The average Bonchev–Trinajstić information content (AvgIpc) is 2.49. The number of aliphatic hydroxyl groups is 1. The minimum atomic E-state index is -0.224. The van der Waals surface area contributed by atoms with Crippen molar-refractivity contribution in [2.75, 3.05) is 30.7 Å². The Morgan fingerprint density at radius 1 is 1.52 bits per heavy atom. The molecule has 1 aliphatic rings. The number of carbonyl (C=O) groups excluding carboxylic acids is 1. The van der Waals surface area contributed by atoms with Gasteiger partial charge in [0, 0.05) is 12.3 Å². The van der Waals surface area contributed by atoms with E-state index in [2.05, 4.69) is 10.2 Å². The molecule has 21 heavy (non-hydrogen) atoms. The van der Waals surface area contributed by atoms with Crippen molar-refractivity contribution in [1.29, 1.82) is 0 Å². The maximum absolute atomic E-state index is 12.3. The summed E-state index contributed by atoms with van der Waals surface area (Å²) in [5.74, 6) is 0.284. The molecule has 1 heterocycles. The number of halogens is 1. The molecule has 1 fully saturated rings. The van der Waals surface area contributed by atoms with E-state index in [-0.39, 0.29) is 18.6 Å². The van der Waals surface area contributed by atoms with Gasteiger partial charge in [-0.15, -0.1) is 0 Å². The number of anilines is 2. The highest BCUT2D eigenvalue weighted by Crippen LogP contribution is 2.25. The van der Waals surface area contributed by atoms with Gasteiger partial charge < -0.3 is 16.2 Å². The second-order valence-corrected chi connectivity index (χ2v) is 5.97. The topological polar surface area (TPSA) is 78.6 Å². The molecule has 0 bridgehead atoms. The van der Waals surface area contributed by atoms with Crippen molar-refractivity contribution < 1.29 is 9.90 Å². The summed E-state index contributed by atoms with van der Waals surface area (Å²) in [6, 6.07) is 4.81. The molecule has 0 aromatic heterocycles. The SMILES string of the molecule is CC(C(=O)Nc1ccc(N)cc1Cl)N1CCC(CO)CC1. The number of benzene rings is 1. The van der Waals surface area contributed by atoms with Gasteiger partial charge in [-0.05, 0) is 57.0 Å². The summed E-state index contributed by atoms with van der Waals surface area (Å²) in [5.41, 5.74) is 6.78. The van der Waals surface area contributed by atoms with E-state index in [0.29, 0.717) is 22.3 Å². The molecule has 0 aliphatic carbocycles. The molecule has 0 spiro atoms. The van der Waals surface area contributed by atoms with Crippen LogP contribution in [0.1, 0.15) is 19.8 Å². The monoisotopic (exact) mass is 311 g/mol. The van der Waals surface area contributed by atoms with Gasteiger partial charge in [0.15, 0.2) is 0 Å². The molecule has 2 rings (SSSR count). The summed E-state index contributed by atoms with van der Waals surface area (Å²) in [7, 11) is 0. The van der Waals surface area contributed by atoms with Gasteiger partial charge in [0.05, 0.1) is 16.8 Å². The van der Waals surface area contributed by atoms with Crippen molar-refractivity contribution in [1.82, 2.24) is 4.90 Å². The number of likely N-dealkylation sites (tertiary alicyclic amines) is 1. The molecule has 1 atom stereocenters. The first-order valence-electron chi connectivity index (χ1n) is 7.22. The summed E-state index contributed by atoms with van der Waals surface area (Å²) >= 11 is 6.07. The van der Waals surface area contributed by atoms with E-state index in [1.165, 1.54) is 0 Å². The van der Waals surface area contributed by atoms with E-state index in [0.717, 1.165) is 25.9 Å². The molecule has 4 N–H and O–H groups in total. The zero-order valence-electron chi connectivity index (χ0n) is 12.2. The lowest BCUT2D eigenvalue weighted by Gasteiger charge is -2.34. The Balaban J connectivity index is 1.93. The van der Waals surface area contributed by atoms with Gasteiger partial charge in [0.25, 0.3) is 0 Å². The number of aliphatic hydroxyl groups excluding tert-OH is 1. The van der Waals surface area contributed by atoms with Gasteiger partial charge in [-0.2, -0.15) is 0 Å². The van der Waals surface area contributed by atoms with Gasteiger partial charge in [0.1, 0.15) is 0 Å². The van der Waals surface area contributed by atoms with Crippen LogP contribution in [0, 0.1) is 5.92 Å². The average molecular weight is 312 g/mol. The number of nitrogens with two attached hydrogens (primary N) is 1. The normalized spacial score (nSPS) is 18.4. The molecule has 1 aromatic rings. The quantitative estimate of drug-likeness (QED) is 0.743. The Kier molecular flexibility index (Phi) is 5.45. The summed E-state index contributed by atoms with van der Waals surface area (Å²) in [6.07, 6.45) is 1.85. The first kappa shape index (κ1) is 16.1. The number of nitrogens with zero attached hydrogens (tertiary/aromatic N) is 1. The van der Waals surface area contributed by atoms with Crippen molar-refractivity contribution in [2.45, 2.75) is 25.8 Å². The highest BCUT2D eigenvalue weighted by Gasteiger charge is 2.26. The Hall–Kier alpha value is -1.30. The maximum Gasteiger partial charge on any atom is 0.241 e. The number of nitrogen functional groups attached to an aromatic ring is 1. The van der Waals surface area contributed by atoms with Gasteiger partial charge in [-0.25, -0.2) is 0 Å². The predicted octanol–water partition coefficient (Wildman–Crippen LogP) is 1.95. The lowest BCUT2D eigenvalue weighted by Crippen LogP contribution is -2.46. The number of carbonyl (C=O) groups is 1. The Morgan fingerprint density at radius 3 is 2.76 bits per heavy atom. The minimum absolute atomic E-state index is 0.0795. The molecule has 6 heteroatoms. The fraction of sp³-hybridized carbons (Fsp3) is 0.533. The van der Waals surface area contributed by atoms with Crippen molar-refractivity contribution in [2.24, 2.45) is 5.92 Å². The summed E-state index contributed by atoms with van der Waals surface area (Å²) in [6.45, 7) is 3.78. The van der Waals surface area contributed by atoms with Crippen molar-refractivity contribution >= 4 is 28.9 Å². The summed E-state index contributed by atoms with van der Waals surface area (Å²) in [4.78, 5) is 14.4. The number of nitrogens with one attached hydrogen (secondary N) is 1. The second-order valence-electron chi connectivity index (χ2n) is 5.57. The van der Waals surface area contributed by atoms with Crippen LogP contribution < -0.4 is 11.1 Å². The lowest BCUT2D eigenvalue weighted by atomic mass is 9.97. The maximum atomic E-state index is 12.3. The van der Waals surface area contributed by atoms with Gasteiger partial charge in [-0.3, -0.25) is 9.69 Å². The minimum Gasteiger partial charge on any atom is -0.399 e. The van der Waals surface area contributed by atoms with Crippen LogP contribution in [0.4, 0.5) is 11.4 Å². The van der Waals surface area contributed by atoms with Gasteiger partial charge in [-0.1, -0.05) is 11.6 Å². The number of hydrogen-bond donors (Lipinski definition) is 3. The second kappa shape index (κ2) is 7.11. The Morgan fingerprint density at radius 2 is 2.19 bits per heavy atom. The van der Waals surface area contributed by atoms with Crippen molar-refractivity contribution in [3.8, 4) is 0 Å². The van der Waals surface area contributed by atoms with Gasteiger partial charge >= 0.3 is 0 Å². The van der Waals surface area contributed by atoms with Crippen LogP contribution in [0.25, 0.3) is 0 Å². The highest BCUT2D eigenvalue weighted by atomic mass is 35.5. The molecular formula is C15H22ClN3O2. The number of rotatable bonds is 4. The number of hydrogen-bond acceptors (Lipinski definition) is 4. The fourth-order valence-electron chi connectivity index (χ4n) is 2.56. The Bertz CT molecular complexity index is 502. The molecule has 1 aliphatic heterocycles. The van der Waals surface area contributed by atoms with Crippen LogP contribution in [0.3, 0.4) is 0 Å².